The van der Waals surface area contributed by atoms with Crippen molar-refractivity contribution in [1.29, 1.82) is 0 Å². The van der Waals surface area contributed by atoms with E-state index >= 15 is 0 Å². The number of allylic oxidation sites excluding steroid dienone is 3. The molecular weight excluding hydrogens is 90.1 g/mol. The highest BCUT2D eigenvalue weighted by Crippen LogP contribution is 1.83. The molecular formula is C5H5NO. The number of rotatable bonds is 0. The second-order valence-corrected chi connectivity index (χ2v) is 1.07. The van der Waals surface area contributed by atoms with E-state index in [1.54, 1.807) is 18.4 Å². The van der Waals surface area contributed by atoms with Crippen molar-refractivity contribution in [2.75, 3.05) is 0 Å². The van der Waals surface area contributed by atoms with E-state index in [-0.39, 0.29) is 0 Å². The standard InChI is InChI=1S/C5H5NO/c1-2-4-6-7-5-3-1/h1-5H. The Morgan fingerprint density at radius 1 is 1.14 bits per heavy atom. The Bertz CT molecular complexity index is 110. The fourth-order valence-corrected chi connectivity index (χ4v) is 0.300. The number of hydrogen-bond acceptors (Lipinski definition) is 2. The number of nitrogens with zero attached hydrogens (tertiary/aromatic N) is 1. The molecule has 7 heavy (non-hydrogen) atoms. The van der Waals surface area contributed by atoms with Crippen LogP contribution in [0.5, 0.6) is 0 Å². The fourth-order valence-electron chi connectivity index (χ4n) is 0.300. The third-order valence-corrected chi connectivity index (χ3v) is 0.569. The van der Waals surface area contributed by atoms with Gasteiger partial charge >= 0.3 is 0 Å². The molecule has 36 valence electrons. The lowest BCUT2D eigenvalue weighted by atomic mass is 10.5. The summed E-state index contributed by atoms with van der Waals surface area (Å²) in [6.45, 7) is 0. The molecule has 0 spiro atoms. The molecule has 0 aliphatic carbocycles. The molecule has 0 atom stereocenters. The van der Waals surface area contributed by atoms with Gasteiger partial charge in [0.25, 0.3) is 0 Å². The van der Waals surface area contributed by atoms with Gasteiger partial charge in [-0.2, -0.15) is 0 Å². The van der Waals surface area contributed by atoms with Crippen LogP contribution in [-0.4, -0.2) is 6.21 Å². The van der Waals surface area contributed by atoms with E-state index in [1.165, 1.54) is 6.26 Å². The third-order valence-electron chi connectivity index (χ3n) is 0.569. The zero-order chi connectivity index (χ0) is 4.95. The van der Waals surface area contributed by atoms with Gasteiger partial charge in [0.1, 0.15) is 6.26 Å². The lowest BCUT2D eigenvalue weighted by Gasteiger charge is -1.77. The number of hydrogen-bond donors (Lipinski definition) is 0. The van der Waals surface area contributed by atoms with Crippen LogP contribution in [0.3, 0.4) is 0 Å². The first kappa shape index (κ1) is 4.12. The maximum Gasteiger partial charge on any atom is 0.122 e. The Morgan fingerprint density at radius 2 is 2.14 bits per heavy atom. The number of oxime groups is 1. The minimum absolute atomic E-state index is 1.51. The van der Waals surface area contributed by atoms with Gasteiger partial charge < -0.3 is 4.84 Å². The van der Waals surface area contributed by atoms with Crippen LogP contribution in [0.4, 0.5) is 0 Å². The van der Waals surface area contributed by atoms with Gasteiger partial charge in [-0.3, -0.25) is 0 Å². The summed E-state index contributed by atoms with van der Waals surface area (Å²) in [5.74, 6) is 0. The molecule has 0 saturated heterocycles. The van der Waals surface area contributed by atoms with Crippen LogP contribution in [-0.2, 0) is 4.84 Å². The first-order valence-corrected chi connectivity index (χ1v) is 2.01. The molecule has 2 heteroatoms. The molecule has 0 radical (unpaired) electrons. The summed E-state index contributed by atoms with van der Waals surface area (Å²) in [7, 11) is 0. The van der Waals surface area contributed by atoms with E-state index in [0.717, 1.165) is 0 Å². The highest BCUT2D eigenvalue weighted by molar-refractivity contribution is 5.71. The van der Waals surface area contributed by atoms with E-state index in [2.05, 4.69) is 9.99 Å². The summed E-state index contributed by atoms with van der Waals surface area (Å²) >= 11 is 0. The van der Waals surface area contributed by atoms with Gasteiger partial charge in [0.05, 0.1) is 6.21 Å². The van der Waals surface area contributed by atoms with Crippen molar-refractivity contribution in [3.8, 4) is 0 Å². The molecule has 1 heterocycles. The summed E-state index contributed by atoms with van der Waals surface area (Å²) in [5, 5.41) is 3.47. The van der Waals surface area contributed by atoms with E-state index in [4.69, 9.17) is 0 Å². The molecule has 2 nitrogen and oxygen atoms in total. The molecule has 0 amide bonds. The van der Waals surface area contributed by atoms with Crippen molar-refractivity contribution in [1.82, 2.24) is 0 Å². The minimum atomic E-state index is 1.51. The second kappa shape index (κ2) is 2.18. The molecule has 0 saturated carbocycles. The molecule has 0 fully saturated rings. The quantitative estimate of drug-likeness (QED) is 0.441. The summed E-state index contributed by atoms with van der Waals surface area (Å²) in [6, 6.07) is 0. The van der Waals surface area contributed by atoms with Crippen molar-refractivity contribution in [2.24, 2.45) is 5.16 Å². The zero-order valence-corrected chi connectivity index (χ0v) is 3.74. The Hall–Kier alpha value is -1.05. The molecule has 0 bridgehead atoms. The topological polar surface area (TPSA) is 21.6 Å². The molecule has 0 aromatic carbocycles. The van der Waals surface area contributed by atoms with Crippen molar-refractivity contribution in [2.45, 2.75) is 0 Å². The SMILES string of the molecule is C1=CC=NOC=C1. The lowest BCUT2D eigenvalue weighted by Crippen LogP contribution is -1.61. The zero-order valence-electron chi connectivity index (χ0n) is 3.74. The summed E-state index contributed by atoms with van der Waals surface area (Å²) < 4.78 is 0. The van der Waals surface area contributed by atoms with Crippen molar-refractivity contribution >= 4 is 6.21 Å². The molecule has 0 aromatic heterocycles. The normalized spacial score (nSPS) is 16.0. The third kappa shape index (κ3) is 1.22. The molecule has 1 aliphatic heterocycles. The Balaban J connectivity index is 2.60. The monoisotopic (exact) mass is 95.0 g/mol. The molecule has 0 N–H and O–H groups in total. The van der Waals surface area contributed by atoms with Crippen molar-refractivity contribution in [3.05, 3.63) is 24.5 Å². The van der Waals surface area contributed by atoms with Crippen LogP contribution in [0.25, 0.3) is 0 Å². The van der Waals surface area contributed by atoms with Gasteiger partial charge in [0, 0.05) is 0 Å². The predicted octanol–water partition coefficient (Wildman–Crippen LogP) is 1.07. The maximum atomic E-state index is 4.52. The average molecular weight is 95.1 g/mol. The summed E-state index contributed by atoms with van der Waals surface area (Å²) in [6.07, 6.45) is 8.51. The van der Waals surface area contributed by atoms with Gasteiger partial charge in [-0.25, -0.2) is 0 Å². The molecule has 0 aromatic rings. The smallest absolute Gasteiger partial charge is 0.122 e. The largest absolute Gasteiger partial charge is 0.365 e. The van der Waals surface area contributed by atoms with Gasteiger partial charge in [0.15, 0.2) is 0 Å². The van der Waals surface area contributed by atoms with Crippen molar-refractivity contribution < 1.29 is 4.84 Å². The van der Waals surface area contributed by atoms with Crippen LogP contribution >= 0.6 is 0 Å². The van der Waals surface area contributed by atoms with E-state index in [1.807, 2.05) is 6.08 Å². The average Bonchev–Trinajstić information content (AvgIpc) is 1.90. The van der Waals surface area contributed by atoms with E-state index < -0.39 is 0 Å². The summed E-state index contributed by atoms with van der Waals surface area (Å²) in [4.78, 5) is 4.52. The maximum absolute atomic E-state index is 4.52. The van der Waals surface area contributed by atoms with Crippen LogP contribution in [0.1, 0.15) is 0 Å². The fraction of sp³-hybridized carbons (Fsp3) is 0. The van der Waals surface area contributed by atoms with Gasteiger partial charge in [-0.05, 0) is 12.2 Å². The highest BCUT2D eigenvalue weighted by Gasteiger charge is 1.70. The van der Waals surface area contributed by atoms with Gasteiger partial charge in [-0.1, -0.05) is 11.2 Å². The molecule has 0 unspecified atom stereocenters. The van der Waals surface area contributed by atoms with Crippen LogP contribution in [0.15, 0.2) is 29.6 Å². The Kier molecular flexibility index (Phi) is 1.28. The first-order valence-electron chi connectivity index (χ1n) is 2.01. The Labute approximate surface area is 41.8 Å². The minimum Gasteiger partial charge on any atom is -0.365 e. The Morgan fingerprint density at radius 3 is 3.14 bits per heavy atom. The van der Waals surface area contributed by atoms with Gasteiger partial charge in [0.2, 0.25) is 0 Å². The van der Waals surface area contributed by atoms with E-state index in [0.29, 0.717) is 0 Å². The predicted molar refractivity (Wildman–Crippen MR) is 27.9 cm³/mol. The first-order chi connectivity index (χ1) is 3.50. The van der Waals surface area contributed by atoms with Crippen LogP contribution in [0, 0.1) is 0 Å². The van der Waals surface area contributed by atoms with Crippen molar-refractivity contribution in [3.63, 3.8) is 0 Å². The molecule has 1 rings (SSSR count). The lowest BCUT2D eigenvalue weighted by molar-refractivity contribution is 0.271. The van der Waals surface area contributed by atoms with Crippen LogP contribution < -0.4 is 0 Å². The summed E-state index contributed by atoms with van der Waals surface area (Å²) in [5.41, 5.74) is 0. The second-order valence-electron chi connectivity index (χ2n) is 1.07. The van der Waals surface area contributed by atoms with Gasteiger partial charge in [-0.15, -0.1) is 0 Å². The molecule has 1 aliphatic rings. The van der Waals surface area contributed by atoms with E-state index in [9.17, 15) is 0 Å². The highest BCUT2D eigenvalue weighted by atomic mass is 16.6. The van der Waals surface area contributed by atoms with Crippen LogP contribution in [0.2, 0.25) is 0 Å².